The molecule has 0 aliphatic heterocycles. The predicted molar refractivity (Wildman–Crippen MR) is 75.9 cm³/mol. The van der Waals surface area contributed by atoms with Gasteiger partial charge in [0.25, 0.3) is 0 Å². The molecular weight excluding hydrogens is 246 g/mol. The Morgan fingerprint density at radius 1 is 1.37 bits per heavy atom. The van der Waals surface area contributed by atoms with Gasteiger partial charge in [-0.25, -0.2) is 0 Å². The highest BCUT2D eigenvalue weighted by Crippen LogP contribution is 2.29. The smallest absolute Gasteiger partial charge is 0.193 e. The molecule has 6 nitrogen and oxygen atoms in total. The minimum Gasteiger partial charge on any atom is -0.493 e. The average molecular weight is 267 g/mol. The van der Waals surface area contributed by atoms with Crippen molar-refractivity contribution >= 4 is 11.6 Å². The van der Waals surface area contributed by atoms with E-state index in [4.69, 9.17) is 20.3 Å². The number of rotatable bonds is 6. The molecule has 0 heterocycles. The van der Waals surface area contributed by atoms with Crippen LogP contribution in [0.15, 0.2) is 23.2 Å². The third-order valence-electron chi connectivity index (χ3n) is 2.54. The predicted octanol–water partition coefficient (Wildman–Crippen LogP) is 1.06. The van der Waals surface area contributed by atoms with Gasteiger partial charge in [0.1, 0.15) is 0 Å². The number of aliphatic hydroxyl groups excluding tert-OH is 1. The monoisotopic (exact) mass is 267 g/mol. The molecule has 19 heavy (non-hydrogen) atoms. The Labute approximate surface area is 113 Å². The molecule has 0 bridgehead atoms. The van der Waals surface area contributed by atoms with Crippen molar-refractivity contribution in [2.45, 2.75) is 6.92 Å². The van der Waals surface area contributed by atoms with E-state index in [0.29, 0.717) is 24.0 Å². The van der Waals surface area contributed by atoms with E-state index in [1.54, 1.807) is 26.4 Å². The summed E-state index contributed by atoms with van der Waals surface area (Å²) in [6, 6.07) is 5.38. The second kappa shape index (κ2) is 7.48. The van der Waals surface area contributed by atoms with Gasteiger partial charge in [-0.3, -0.25) is 4.99 Å². The van der Waals surface area contributed by atoms with Crippen LogP contribution in [0.3, 0.4) is 0 Å². The fourth-order valence-corrected chi connectivity index (χ4v) is 1.41. The van der Waals surface area contributed by atoms with Gasteiger partial charge in [0.05, 0.1) is 14.2 Å². The Balaban J connectivity index is 2.71. The highest BCUT2D eigenvalue weighted by molar-refractivity contribution is 5.92. The SMILES string of the molecule is COc1ccc(NC(N)=NCC(C)CO)cc1OC. The van der Waals surface area contributed by atoms with Gasteiger partial charge in [0.15, 0.2) is 17.5 Å². The zero-order valence-electron chi connectivity index (χ0n) is 11.5. The van der Waals surface area contributed by atoms with E-state index in [0.717, 1.165) is 5.69 Å². The number of anilines is 1. The number of benzene rings is 1. The van der Waals surface area contributed by atoms with Crippen molar-refractivity contribution in [3.63, 3.8) is 0 Å². The highest BCUT2D eigenvalue weighted by atomic mass is 16.5. The summed E-state index contributed by atoms with van der Waals surface area (Å²) in [6.45, 7) is 2.46. The summed E-state index contributed by atoms with van der Waals surface area (Å²) in [5.41, 5.74) is 6.52. The molecule has 0 saturated carbocycles. The van der Waals surface area contributed by atoms with Crippen LogP contribution in [0.4, 0.5) is 5.69 Å². The molecule has 1 rings (SSSR count). The number of ether oxygens (including phenoxy) is 2. The normalized spacial score (nSPS) is 12.9. The van der Waals surface area contributed by atoms with Crippen LogP contribution < -0.4 is 20.5 Å². The highest BCUT2D eigenvalue weighted by Gasteiger charge is 2.05. The molecule has 1 unspecified atom stereocenters. The quantitative estimate of drug-likeness (QED) is 0.530. The number of methoxy groups -OCH3 is 2. The van der Waals surface area contributed by atoms with Crippen molar-refractivity contribution in [2.75, 3.05) is 32.7 Å². The second-order valence-electron chi connectivity index (χ2n) is 4.21. The summed E-state index contributed by atoms with van der Waals surface area (Å²) in [5.74, 6) is 1.65. The van der Waals surface area contributed by atoms with E-state index in [1.165, 1.54) is 0 Å². The first-order valence-corrected chi connectivity index (χ1v) is 6.00. The van der Waals surface area contributed by atoms with Gasteiger partial charge >= 0.3 is 0 Å². The number of guanidine groups is 1. The first-order valence-electron chi connectivity index (χ1n) is 6.00. The van der Waals surface area contributed by atoms with E-state index in [-0.39, 0.29) is 12.5 Å². The summed E-state index contributed by atoms with van der Waals surface area (Å²) >= 11 is 0. The molecule has 6 heteroatoms. The Morgan fingerprint density at radius 3 is 2.63 bits per heavy atom. The van der Waals surface area contributed by atoms with Gasteiger partial charge in [-0.05, 0) is 18.1 Å². The van der Waals surface area contributed by atoms with Crippen LogP contribution in [0.25, 0.3) is 0 Å². The number of hydrogen-bond acceptors (Lipinski definition) is 4. The Hall–Kier alpha value is -1.95. The fourth-order valence-electron chi connectivity index (χ4n) is 1.41. The van der Waals surface area contributed by atoms with Crippen molar-refractivity contribution in [2.24, 2.45) is 16.6 Å². The van der Waals surface area contributed by atoms with Crippen LogP contribution in [-0.4, -0.2) is 38.4 Å². The van der Waals surface area contributed by atoms with Gasteiger partial charge in [-0.2, -0.15) is 0 Å². The third-order valence-corrected chi connectivity index (χ3v) is 2.54. The van der Waals surface area contributed by atoms with Crippen molar-refractivity contribution < 1.29 is 14.6 Å². The van der Waals surface area contributed by atoms with E-state index < -0.39 is 0 Å². The Morgan fingerprint density at radius 2 is 2.05 bits per heavy atom. The van der Waals surface area contributed by atoms with E-state index in [9.17, 15) is 0 Å². The minimum atomic E-state index is 0.0887. The maximum absolute atomic E-state index is 8.90. The van der Waals surface area contributed by atoms with Crippen molar-refractivity contribution in [1.82, 2.24) is 0 Å². The van der Waals surface area contributed by atoms with Gasteiger partial charge < -0.3 is 25.6 Å². The molecule has 4 N–H and O–H groups in total. The second-order valence-corrected chi connectivity index (χ2v) is 4.21. The summed E-state index contributed by atoms with van der Waals surface area (Å²) in [4.78, 5) is 4.14. The van der Waals surface area contributed by atoms with Crippen LogP contribution in [0.2, 0.25) is 0 Å². The van der Waals surface area contributed by atoms with Crippen molar-refractivity contribution in [3.8, 4) is 11.5 Å². The number of aliphatic imine (C=N–C) groups is 1. The fraction of sp³-hybridized carbons (Fsp3) is 0.462. The van der Waals surface area contributed by atoms with Crippen molar-refractivity contribution in [3.05, 3.63) is 18.2 Å². The van der Waals surface area contributed by atoms with Crippen molar-refractivity contribution in [1.29, 1.82) is 0 Å². The number of aliphatic hydroxyl groups is 1. The number of hydrogen-bond donors (Lipinski definition) is 3. The molecular formula is C13H21N3O3. The molecule has 0 radical (unpaired) electrons. The van der Waals surface area contributed by atoms with Crippen LogP contribution in [0.1, 0.15) is 6.92 Å². The molecule has 1 aromatic rings. The Kier molecular flexibility index (Phi) is 5.95. The summed E-state index contributed by atoms with van der Waals surface area (Å²) in [7, 11) is 3.15. The molecule has 106 valence electrons. The van der Waals surface area contributed by atoms with E-state index in [1.807, 2.05) is 13.0 Å². The largest absolute Gasteiger partial charge is 0.493 e. The lowest BCUT2D eigenvalue weighted by molar-refractivity contribution is 0.242. The first-order chi connectivity index (χ1) is 9.10. The van der Waals surface area contributed by atoms with Crippen LogP contribution in [-0.2, 0) is 0 Å². The summed E-state index contributed by atoms with van der Waals surface area (Å²) in [6.07, 6.45) is 0. The molecule has 0 saturated heterocycles. The molecule has 0 aliphatic rings. The number of nitrogens with zero attached hydrogens (tertiary/aromatic N) is 1. The van der Waals surface area contributed by atoms with Gasteiger partial charge in [0.2, 0.25) is 0 Å². The topological polar surface area (TPSA) is 89.1 Å². The maximum Gasteiger partial charge on any atom is 0.193 e. The van der Waals surface area contributed by atoms with E-state index in [2.05, 4.69) is 10.3 Å². The zero-order valence-corrected chi connectivity index (χ0v) is 11.5. The van der Waals surface area contributed by atoms with E-state index >= 15 is 0 Å². The average Bonchev–Trinajstić information content (AvgIpc) is 2.44. The lowest BCUT2D eigenvalue weighted by Gasteiger charge is -2.11. The molecule has 0 fully saturated rings. The molecule has 1 aromatic carbocycles. The molecule has 0 aliphatic carbocycles. The van der Waals surface area contributed by atoms with Gasteiger partial charge in [-0.15, -0.1) is 0 Å². The molecule has 0 amide bonds. The maximum atomic E-state index is 8.90. The third kappa shape index (κ3) is 4.67. The molecule has 0 spiro atoms. The van der Waals surface area contributed by atoms with Gasteiger partial charge in [0, 0.05) is 24.9 Å². The standard InChI is InChI=1S/C13H21N3O3/c1-9(8-17)7-15-13(14)16-10-4-5-11(18-2)12(6-10)19-3/h4-6,9,17H,7-8H2,1-3H3,(H3,14,15,16). The Bertz CT molecular complexity index is 435. The number of nitrogens with two attached hydrogens (primary N) is 1. The zero-order chi connectivity index (χ0) is 14.3. The van der Waals surface area contributed by atoms with Crippen LogP contribution in [0, 0.1) is 5.92 Å². The lowest BCUT2D eigenvalue weighted by Crippen LogP contribution is -2.24. The molecule has 0 aromatic heterocycles. The van der Waals surface area contributed by atoms with Crippen LogP contribution in [0.5, 0.6) is 11.5 Å². The minimum absolute atomic E-state index is 0.0887. The molecule has 1 atom stereocenters. The number of nitrogens with one attached hydrogen (secondary N) is 1. The first kappa shape index (κ1) is 15.1. The summed E-state index contributed by atoms with van der Waals surface area (Å²) < 4.78 is 10.3. The van der Waals surface area contributed by atoms with Crippen LogP contribution >= 0.6 is 0 Å². The lowest BCUT2D eigenvalue weighted by atomic mass is 10.2. The van der Waals surface area contributed by atoms with Gasteiger partial charge in [-0.1, -0.05) is 6.92 Å². The summed E-state index contributed by atoms with van der Waals surface area (Å²) in [5, 5.41) is 11.9.